The van der Waals surface area contributed by atoms with Crippen LogP contribution in [0.5, 0.6) is 0 Å². The maximum Gasteiger partial charge on any atom is 0.201 e. The molecule has 0 amide bonds. The highest BCUT2D eigenvalue weighted by Crippen LogP contribution is 2.67. The van der Waals surface area contributed by atoms with Gasteiger partial charge in [0.15, 0.2) is 11.6 Å². The zero-order valence-electron chi connectivity index (χ0n) is 36.6. The third-order valence-corrected chi connectivity index (χ3v) is 19.6. The Balaban J connectivity index is 1.19. The first kappa shape index (κ1) is 47.7. The largest absolute Gasteiger partial charge is 0.338 e. The molecule has 6 aromatic rings. The Morgan fingerprint density at radius 2 is 0.757 bits per heavy atom. The van der Waals surface area contributed by atoms with Crippen LogP contribution in [-0.2, 0) is 0 Å². The minimum absolute atomic E-state index is 0.0949. The van der Waals surface area contributed by atoms with E-state index in [1.807, 2.05) is 28.5 Å². The van der Waals surface area contributed by atoms with Crippen LogP contribution in [0.25, 0.3) is 0 Å². The van der Waals surface area contributed by atoms with E-state index < -0.39 is 27.2 Å². The van der Waals surface area contributed by atoms with Crippen molar-refractivity contribution in [3.05, 3.63) is 267 Å². The smallest absolute Gasteiger partial charge is 0.201 e. The summed E-state index contributed by atoms with van der Waals surface area (Å²) in [7, 11) is 0. The number of rotatable bonds is 13. The van der Waals surface area contributed by atoms with Gasteiger partial charge in [0.1, 0.15) is 4.08 Å². The first-order valence-corrected chi connectivity index (χ1v) is 27.3. The lowest BCUT2D eigenvalue weighted by molar-refractivity contribution is 0.100. The average Bonchev–Trinajstić information content (AvgIpc) is 4.04. The summed E-state index contributed by atoms with van der Waals surface area (Å²) in [5.41, 5.74) is 3.29. The van der Waals surface area contributed by atoms with Crippen LogP contribution < -0.4 is 0 Å². The zero-order chi connectivity index (χ0) is 48.4. The number of carbonyl (C=O) groups is 6. The van der Waals surface area contributed by atoms with E-state index in [2.05, 4.69) is 0 Å². The number of ketones is 6. The number of nitrogens with zero attached hydrogens (tertiary/aromatic N) is 1. The molecule has 0 unspecified atom stereocenters. The van der Waals surface area contributed by atoms with Gasteiger partial charge in [-0.2, -0.15) is 0 Å². The summed E-state index contributed by atoms with van der Waals surface area (Å²) < 4.78 is -0.603. The van der Waals surface area contributed by atoms with Crippen LogP contribution in [0.15, 0.2) is 233 Å². The number of allylic oxidation sites excluding steroid dienone is 5. The van der Waals surface area contributed by atoms with E-state index in [1.165, 1.54) is 35.3 Å². The van der Waals surface area contributed by atoms with E-state index in [4.69, 9.17) is 12.2 Å². The minimum Gasteiger partial charge on any atom is -0.338 e. The Morgan fingerprint density at radius 3 is 1.13 bits per heavy atom. The van der Waals surface area contributed by atoms with Gasteiger partial charge in [-0.3, -0.25) is 28.8 Å². The lowest BCUT2D eigenvalue weighted by Gasteiger charge is -2.44. The second kappa shape index (κ2) is 20.8. The highest BCUT2D eigenvalue weighted by Gasteiger charge is 2.57. The molecule has 0 radical (unpaired) electrons. The molecule has 70 heavy (non-hydrogen) atoms. The Morgan fingerprint density at radius 1 is 0.429 bits per heavy atom. The van der Waals surface area contributed by atoms with E-state index in [1.54, 1.807) is 164 Å². The summed E-state index contributed by atoms with van der Waals surface area (Å²) in [5, 5.41) is 1.83. The first-order valence-electron chi connectivity index (χ1n) is 21.8. The molecule has 1 spiro atoms. The molecular weight excluding hydrogens is 1010 g/mol. The Kier molecular flexibility index (Phi) is 14.2. The predicted octanol–water partition coefficient (Wildman–Crippen LogP) is 13.8. The third-order valence-electron chi connectivity index (χ3n) is 11.4. The van der Waals surface area contributed by atoms with E-state index in [0.717, 1.165) is 35.3 Å². The second-order valence-electron chi connectivity index (χ2n) is 15.8. The summed E-state index contributed by atoms with van der Waals surface area (Å²) >= 11 is 13.3. The van der Waals surface area contributed by atoms with Gasteiger partial charge in [0.25, 0.3) is 0 Å². The normalized spacial score (nSPS) is 16.7. The number of hydrogen-bond acceptors (Lipinski definition) is 14. The van der Waals surface area contributed by atoms with Crippen molar-refractivity contribution in [2.45, 2.75) is 4.08 Å². The van der Waals surface area contributed by atoms with Crippen molar-refractivity contribution in [3.63, 3.8) is 0 Å². The van der Waals surface area contributed by atoms with Crippen molar-refractivity contribution in [1.82, 2.24) is 4.90 Å². The first-order chi connectivity index (χ1) is 34.1. The SMILES string of the molecule is O=C(C1=C(C(=O)c2ccccc2)SC(=C2C(=S)SCCN2C2=CSC(C(=O)c3ccccc3)=C(C(=O)c3ccccc3)C23SC(C(=O)c2ccccc2)=C(C(=O)c2ccccc2)S3)S1)c1ccccc1. The average molecular weight is 1040 g/mol. The van der Waals surface area contributed by atoms with E-state index in [0.29, 0.717) is 65.5 Å². The van der Waals surface area contributed by atoms with Gasteiger partial charge in [-0.15, -0.1) is 11.8 Å². The van der Waals surface area contributed by atoms with Crippen LogP contribution in [0.4, 0.5) is 0 Å². The highest BCUT2D eigenvalue weighted by molar-refractivity contribution is 8.30. The molecule has 1 saturated heterocycles. The van der Waals surface area contributed by atoms with Gasteiger partial charge in [-0.1, -0.05) is 253 Å². The molecule has 4 aliphatic rings. The summed E-state index contributed by atoms with van der Waals surface area (Å²) in [5.74, 6) is -1.83. The molecule has 4 aliphatic heterocycles. The molecule has 10 rings (SSSR count). The van der Waals surface area contributed by atoms with Crippen LogP contribution in [0, 0.1) is 0 Å². The number of benzene rings is 6. The van der Waals surface area contributed by atoms with Crippen LogP contribution in [0.3, 0.4) is 0 Å². The van der Waals surface area contributed by atoms with Gasteiger partial charge in [0, 0.05) is 45.7 Å². The fourth-order valence-electron chi connectivity index (χ4n) is 8.08. The summed E-state index contributed by atoms with van der Waals surface area (Å²) in [6, 6.07) is 52.4. The number of carbonyl (C=O) groups excluding carboxylic acids is 6. The molecule has 0 aliphatic carbocycles. The molecule has 342 valence electrons. The minimum atomic E-state index is -1.66. The van der Waals surface area contributed by atoms with Crippen molar-refractivity contribution in [3.8, 4) is 0 Å². The standard InChI is InChI=1S/C56H35NO6S7/c58-43(34-19-7-1-8-20-34)41-49(44(59)35-21-9-2-10-22-35)66-33-40(56(41)69-52(47(62)38-27-15-5-16-28-38)53(70-56)48(63)39-29-17-6-18-30-39)57-31-32-65-54(64)42(57)55-67-50(45(60)36-23-11-3-12-24-36)51(68-55)46(61)37-25-13-4-14-26-37/h1-30,33H,31-32H2. The van der Waals surface area contributed by atoms with Gasteiger partial charge >= 0.3 is 0 Å². The van der Waals surface area contributed by atoms with Crippen LogP contribution in [0.2, 0.25) is 0 Å². The fraction of sp³-hybridized carbons (Fsp3) is 0.0536. The number of hydrogen-bond donors (Lipinski definition) is 0. The topological polar surface area (TPSA) is 106 Å². The Hall–Kier alpha value is -5.97. The van der Waals surface area contributed by atoms with E-state index in [-0.39, 0.29) is 41.7 Å². The predicted molar refractivity (Wildman–Crippen MR) is 293 cm³/mol. The summed E-state index contributed by atoms with van der Waals surface area (Å²) in [6.45, 7) is 0.336. The molecule has 4 heterocycles. The molecule has 0 aromatic heterocycles. The van der Waals surface area contributed by atoms with Gasteiger partial charge in [-0.25, -0.2) is 0 Å². The fourth-order valence-corrected chi connectivity index (χ4v) is 17.1. The van der Waals surface area contributed by atoms with Crippen LogP contribution in [0.1, 0.15) is 62.1 Å². The molecule has 0 N–H and O–H groups in total. The highest BCUT2D eigenvalue weighted by atomic mass is 32.2. The number of Topliss-reactive ketones (excluding diaryl/α,β-unsaturated/α-hetero) is 6. The quantitative estimate of drug-likeness (QED) is 0.0622. The van der Waals surface area contributed by atoms with Crippen molar-refractivity contribution in [2.24, 2.45) is 0 Å². The van der Waals surface area contributed by atoms with Gasteiger partial charge in [-0.05, 0) is 5.41 Å². The molecule has 7 nitrogen and oxygen atoms in total. The lowest BCUT2D eigenvalue weighted by atomic mass is 9.94. The van der Waals surface area contributed by atoms with Crippen molar-refractivity contribution < 1.29 is 28.8 Å². The number of thiocarbonyl (C=S) groups is 1. The van der Waals surface area contributed by atoms with Crippen molar-refractivity contribution >= 4 is 122 Å². The second-order valence-corrected chi connectivity index (χ2v) is 23.4. The molecule has 6 aromatic carbocycles. The van der Waals surface area contributed by atoms with Gasteiger partial charge in [0.2, 0.25) is 23.1 Å². The molecular formula is C56H35NO6S7. The van der Waals surface area contributed by atoms with E-state index in [9.17, 15) is 9.59 Å². The molecule has 0 atom stereocenters. The van der Waals surface area contributed by atoms with E-state index >= 15 is 19.2 Å². The Bertz CT molecular complexity index is 3190. The summed E-state index contributed by atoms with van der Waals surface area (Å²) in [4.78, 5) is 92.8. The van der Waals surface area contributed by atoms with Gasteiger partial charge < -0.3 is 4.90 Å². The Labute approximate surface area is 434 Å². The van der Waals surface area contributed by atoms with Crippen molar-refractivity contribution in [1.29, 1.82) is 0 Å². The lowest BCUT2D eigenvalue weighted by Crippen LogP contribution is -2.44. The third kappa shape index (κ3) is 9.14. The molecule has 0 bridgehead atoms. The summed E-state index contributed by atoms with van der Waals surface area (Å²) in [6.07, 6.45) is 0. The maximum atomic E-state index is 15.7. The van der Waals surface area contributed by atoms with Crippen LogP contribution >= 0.6 is 82.8 Å². The zero-order valence-corrected chi connectivity index (χ0v) is 42.3. The molecule has 14 heteroatoms. The monoisotopic (exact) mass is 1040 g/mol. The maximum absolute atomic E-state index is 15.7. The van der Waals surface area contributed by atoms with Crippen molar-refractivity contribution in [2.75, 3.05) is 12.3 Å². The molecule has 0 saturated carbocycles. The molecule has 1 fully saturated rings. The number of thioether (sulfide) groups is 6. The van der Waals surface area contributed by atoms with Crippen LogP contribution in [-0.4, -0.2) is 60.2 Å². The van der Waals surface area contributed by atoms with Gasteiger partial charge in [0.05, 0.1) is 49.9 Å².